The van der Waals surface area contributed by atoms with E-state index in [0.717, 1.165) is 53.1 Å². The van der Waals surface area contributed by atoms with Crippen molar-refractivity contribution < 1.29 is 14.7 Å². The molecular weight excluding hydrogens is 506 g/mol. The van der Waals surface area contributed by atoms with Crippen molar-refractivity contribution in [3.05, 3.63) is 103 Å². The van der Waals surface area contributed by atoms with Crippen LogP contribution < -0.4 is 0 Å². The topological polar surface area (TPSA) is 75.4 Å². The molecule has 7 rings (SSSR count). The molecule has 39 heavy (non-hydrogen) atoms. The molecule has 0 saturated heterocycles. The van der Waals surface area contributed by atoms with Crippen molar-refractivity contribution in [2.75, 3.05) is 13.2 Å². The second-order valence-corrected chi connectivity index (χ2v) is 10.6. The van der Waals surface area contributed by atoms with Crippen LogP contribution in [0, 0.1) is 0 Å². The molecule has 0 atom stereocenters. The molecule has 1 aliphatic heterocycles. The molecular formula is C32H23N3O3S. The standard InChI is InChI=1S/C32H23N3O3S/c1-2-14-34-18-25(30-33-26-8-3-4-9-28(26)39-30)24-17-19(10-13-27(24)34)20-11-12-23-29-21(20)6-5-7-22(29)31(37)35(15-16-36)32(23)38/h2-13,17-18,36H,1,14-16H2. The molecule has 2 amide bonds. The lowest BCUT2D eigenvalue weighted by molar-refractivity contribution is 0.0580. The van der Waals surface area contributed by atoms with Gasteiger partial charge in [0.2, 0.25) is 0 Å². The fraction of sp³-hybridized carbons (Fsp3) is 0.0938. The van der Waals surface area contributed by atoms with Crippen molar-refractivity contribution in [1.82, 2.24) is 14.5 Å². The number of amides is 2. The number of allylic oxidation sites excluding steroid dienone is 1. The molecule has 7 heteroatoms. The number of rotatable bonds is 6. The van der Waals surface area contributed by atoms with Gasteiger partial charge < -0.3 is 9.67 Å². The third kappa shape index (κ3) is 3.55. The van der Waals surface area contributed by atoms with Gasteiger partial charge in [-0.05, 0) is 52.9 Å². The highest BCUT2D eigenvalue weighted by Crippen LogP contribution is 2.40. The van der Waals surface area contributed by atoms with Gasteiger partial charge in [-0.1, -0.05) is 42.5 Å². The number of aliphatic hydroxyl groups excluding tert-OH is 1. The molecule has 0 spiro atoms. The van der Waals surface area contributed by atoms with E-state index in [1.54, 1.807) is 23.5 Å². The number of thiazole rings is 1. The number of para-hydroxylation sites is 1. The SMILES string of the molecule is C=CCn1cc(-c2nc3ccccc3s2)c2cc(-c3ccc4c5c(cccc35)C(=O)N(CCO)C4=O)ccc21. The highest BCUT2D eigenvalue weighted by atomic mass is 32.1. The van der Waals surface area contributed by atoms with Gasteiger partial charge in [0, 0.05) is 45.7 Å². The van der Waals surface area contributed by atoms with Crippen LogP contribution in [0.5, 0.6) is 0 Å². The van der Waals surface area contributed by atoms with Crippen LogP contribution in [-0.2, 0) is 6.54 Å². The van der Waals surface area contributed by atoms with Gasteiger partial charge in [0.25, 0.3) is 11.8 Å². The number of carbonyl (C=O) groups is 2. The van der Waals surface area contributed by atoms with E-state index in [-0.39, 0.29) is 25.0 Å². The smallest absolute Gasteiger partial charge is 0.261 e. The van der Waals surface area contributed by atoms with Crippen LogP contribution in [0.25, 0.3) is 53.6 Å². The molecule has 6 nitrogen and oxygen atoms in total. The lowest BCUT2D eigenvalue weighted by Gasteiger charge is -2.27. The van der Waals surface area contributed by atoms with Crippen LogP contribution in [0.4, 0.5) is 0 Å². The van der Waals surface area contributed by atoms with Gasteiger partial charge in [-0.25, -0.2) is 4.98 Å². The van der Waals surface area contributed by atoms with Gasteiger partial charge >= 0.3 is 0 Å². The summed E-state index contributed by atoms with van der Waals surface area (Å²) >= 11 is 1.67. The summed E-state index contributed by atoms with van der Waals surface area (Å²) in [6.45, 7) is 4.31. The summed E-state index contributed by atoms with van der Waals surface area (Å²) < 4.78 is 3.32. The first-order chi connectivity index (χ1) is 19.1. The second-order valence-electron chi connectivity index (χ2n) is 9.58. The Kier molecular flexibility index (Phi) is 5.43. The van der Waals surface area contributed by atoms with E-state index >= 15 is 0 Å². The van der Waals surface area contributed by atoms with Crippen LogP contribution in [0.15, 0.2) is 91.6 Å². The average molecular weight is 530 g/mol. The van der Waals surface area contributed by atoms with Crippen LogP contribution in [0.2, 0.25) is 0 Å². The number of hydrogen-bond donors (Lipinski definition) is 1. The third-order valence-electron chi connectivity index (χ3n) is 7.36. The summed E-state index contributed by atoms with van der Waals surface area (Å²) in [7, 11) is 0. The number of benzene rings is 4. The summed E-state index contributed by atoms with van der Waals surface area (Å²) in [5, 5.41) is 12.9. The Labute approximate surface area is 228 Å². The minimum Gasteiger partial charge on any atom is -0.395 e. The number of imide groups is 1. The molecule has 1 N–H and O–H groups in total. The van der Waals surface area contributed by atoms with Crippen molar-refractivity contribution in [3.63, 3.8) is 0 Å². The number of β-amino-alcohol motifs (C(OH)–C–C–N with tert-alkyl or cyclic N) is 1. The van der Waals surface area contributed by atoms with Crippen molar-refractivity contribution in [2.24, 2.45) is 0 Å². The number of carbonyl (C=O) groups excluding carboxylic acids is 2. The van der Waals surface area contributed by atoms with E-state index in [1.165, 1.54) is 0 Å². The summed E-state index contributed by atoms with van der Waals surface area (Å²) in [6, 6.07) is 23.8. The van der Waals surface area contributed by atoms with E-state index in [2.05, 4.69) is 41.6 Å². The van der Waals surface area contributed by atoms with E-state index in [1.807, 2.05) is 42.5 Å². The summed E-state index contributed by atoms with van der Waals surface area (Å²) in [6.07, 6.45) is 4.02. The minimum absolute atomic E-state index is 0.0256. The van der Waals surface area contributed by atoms with Gasteiger partial charge in [0.1, 0.15) is 5.01 Å². The van der Waals surface area contributed by atoms with E-state index in [9.17, 15) is 14.7 Å². The highest BCUT2D eigenvalue weighted by Gasteiger charge is 2.33. The normalized spacial score (nSPS) is 13.2. The molecule has 0 saturated carbocycles. The zero-order valence-corrected chi connectivity index (χ0v) is 21.7. The lowest BCUT2D eigenvalue weighted by Crippen LogP contribution is -2.41. The van der Waals surface area contributed by atoms with Gasteiger partial charge in [-0.3, -0.25) is 14.5 Å². The summed E-state index contributed by atoms with van der Waals surface area (Å²) in [5.74, 6) is -0.751. The summed E-state index contributed by atoms with van der Waals surface area (Å²) in [4.78, 5) is 32.3. The fourth-order valence-electron chi connectivity index (χ4n) is 5.61. The number of hydrogen-bond acceptors (Lipinski definition) is 5. The zero-order chi connectivity index (χ0) is 26.7. The first-order valence-electron chi connectivity index (χ1n) is 12.7. The predicted molar refractivity (Wildman–Crippen MR) is 156 cm³/mol. The molecule has 0 bridgehead atoms. The quantitative estimate of drug-likeness (QED) is 0.197. The predicted octanol–water partition coefficient (Wildman–Crippen LogP) is 6.51. The Morgan fingerprint density at radius 1 is 0.872 bits per heavy atom. The Morgan fingerprint density at radius 3 is 2.46 bits per heavy atom. The molecule has 0 radical (unpaired) electrons. The van der Waals surface area contributed by atoms with E-state index < -0.39 is 0 Å². The van der Waals surface area contributed by atoms with Crippen molar-refractivity contribution >= 4 is 55.0 Å². The molecule has 2 aromatic heterocycles. The monoisotopic (exact) mass is 529 g/mol. The van der Waals surface area contributed by atoms with Gasteiger partial charge in [-0.15, -0.1) is 17.9 Å². The largest absolute Gasteiger partial charge is 0.395 e. The second kappa shape index (κ2) is 9.01. The third-order valence-corrected chi connectivity index (χ3v) is 8.43. The molecule has 0 fully saturated rings. The van der Waals surface area contributed by atoms with Crippen LogP contribution in [0.3, 0.4) is 0 Å². The zero-order valence-electron chi connectivity index (χ0n) is 20.9. The molecule has 0 unspecified atom stereocenters. The van der Waals surface area contributed by atoms with Crippen LogP contribution in [0.1, 0.15) is 20.7 Å². The van der Waals surface area contributed by atoms with Crippen LogP contribution in [-0.4, -0.2) is 44.5 Å². The molecule has 1 aliphatic rings. The minimum atomic E-state index is -0.376. The first kappa shape index (κ1) is 23.5. The fourth-order valence-corrected chi connectivity index (χ4v) is 6.60. The average Bonchev–Trinajstić information content (AvgIpc) is 3.55. The van der Waals surface area contributed by atoms with Crippen molar-refractivity contribution in [3.8, 4) is 21.7 Å². The Hall–Kier alpha value is -4.59. The molecule has 0 aliphatic carbocycles. The maximum absolute atomic E-state index is 13.1. The molecule has 190 valence electrons. The lowest BCUT2D eigenvalue weighted by atomic mass is 9.89. The van der Waals surface area contributed by atoms with Crippen molar-refractivity contribution in [2.45, 2.75) is 6.54 Å². The number of aromatic nitrogens is 2. The van der Waals surface area contributed by atoms with Gasteiger partial charge in [-0.2, -0.15) is 0 Å². The molecule has 4 aromatic carbocycles. The first-order valence-corrected chi connectivity index (χ1v) is 13.5. The summed E-state index contributed by atoms with van der Waals surface area (Å²) in [5.41, 5.74) is 6.01. The Bertz CT molecular complexity index is 1930. The van der Waals surface area contributed by atoms with Crippen LogP contribution >= 0.6 is 11.3 Å². The van der Waals surface area contributed by atoms with E-state index in [0.29, 0.717) is 23.1 Å². The Balaban J connectivity index is 1.44. The molecule has 3 heterocycles. The number of nitrogens with zero attached hydrogens (tertiary/aromatic N) is 3. The van der Waals surface area contributed by atoms with Gasteiger partial charge in [0.15, 0.2) is 0 Å². The highest BCUT2D eigenvalue weighted by molar-refractivity contribution is 7.21. The Morgan fingerprint density at radius 2 is 1.67 bits per heavy atom. The maximum atomic E-state index is 13.1. The van der Waals surface area contributed by atoms with E-state index in [4.69, 9.17) is 4.98 Å². The van der Waals surface area contributed by atoms with Crippen molar-refractivity contribution in [1.29, 1.82) is 0 Å². The number of aliphatic hydroxyl groups is 1. The number of fused-ring (bicyclic) bond motifs is 2. The van der Waals surface area contributed by atoms with Gasteiger partial charge in [0.05, 0.1) is 23.4 Å². The maximum Gasteiger partial charge on any atom is 0.261 e. The molecule has 6 aromatic rings.